The number of likely N-dealkylation sites (N-methyl/N-ethyl adjacent to an activating group) is 1. The molecule has 3 heteroatoms. The average molecular weight is 239 g/mol. The highest BCUT2D eigenvalue weighted by Crippen LogP contribution is 2.16. The minimum atomic E-state index is -0.177. The molecule has 1 aromatic rings. The lowest BCUT2D eigenvalue weighted by Gasteiger charge is -2.17. The third-order valence-electron chi connectivity index (χ3n) is 2.81. The molecule has 0 spiro atoms. The maximum absolute atomic E-state index is 13.6. The Kier molecular flexibility index (Phi) is 6.82. The standard InChI is InChI=1S/C14H22FNO/c1-3-4-7-10-17-11-14(16-2)12-8-5-6-9-13(12)15/h5-6,8-9,14,16H,3-4,7,10-11H2,1-2H3. The van der Waals surface area contributed by atoms with Gasteiger partial charge in [0.15, 0.2) is 0 Å². The number of benzene rings is 1. The molecule has 0 fully saturated rings. The van der Waals surface area contributed by atoms with Crippen molar-refractivity contribution in [2.45, 2.75) is 32.2 Å². The van der Waals surface area contributed by atoms with Crippen LogP contribution >= 0.6 is 0 Å². The van der Waals surface area contributed by atoms with Crippen molar-refractivity contribution < 1.29 is 9.13 Å². The summed E-state index contributed by atoms with van der Waals surface area (Å²) in [5.74, 6) is -0.177. The van der Waals surface area contributed by atoms with E-state index in [1.807, 2.05) is 13.1 Å². The van der Waals surface area contributed by atoms with Crippen molar-refractivity contribution in [3.05, 3.63) is 35.6 Å². The van der Waals surface area contributed by atoms with Gasteiger partial charge in [0, 0.05) is 12.2 Å². The molecule has 1 aromatic carbocycles. The molecule has 1 rings (SSSR count). The third-order valence-corrected chi connectivity index (χ3v) is 2.81. The summed E-state index contributed by atoms with van der Waals surface area (Å²) in [6.45, 7) is 3.43. The summed E-state index contributed by atoms with van der Waals surface area (Å²) in [6, 6.07) is 6.76. The van der Waals surface area contributed by atoms with Gasteiger partial charge in [-0.15, -0.1) is 0 Å². The maximum atomic E-state index is 13.6. The van der Waals surface area contributed by atoms with Crippen LogP contribution in [0.25, 0.3) is 0 Å². The fourth-order valence-corrected chi connectivity index (χ4v) is 1.74. The van der Waals surface area contributed by atoms with Crippen molar-refractivity contribution in [1.29, 1.82) is 0 Å². The summed E-state index contributed by atoms with van der Waals surface area (Å²) in [6.07, 6.45) is 3.44. The Morgan fingerprint density at radius 2 is 2.06 bits per heavy atom. The Balaban J connectivity index is 2.41. The van der Waals surface area contributed by atoms with E-state index in [2.05, 4.69) is 12.2 Å². The Morgan fingerprint density at radius 3 is 2.71 bits per heavy atom. The Hall–Kier alpha value is -0.930. The highest BCUT2D eigenvalue weighted by Gasteiger charge is 2.13. The molecule has 0 aliphatic carbocycles. The molecule has 1 atom stereocenters. The maximum Gasteiger partial charge on any atom is 0.128 e. The first-order chi connectivity index (χ1) is 8.29. The zero-order valence-corrected chi connectivity index (χ0v) is 10.7. The van der Waals surface area contributed by atoms with Crippen molar-refractivity contribution in [2.75, 3.05) is 20.3 Å². The summed E-state index contributed by atoms with van der Waals surface area (Å²) in [5.41, 5.74) is 0.672. The van der Waals surface area contributed by atoms with E-state index in [-0.39, 0.29) is 11.9 Å². The molecule has 0 aromatic heterocycles. The summed E-state index contributed by atoms with van der Waals surface area (Å²) >= 11 is 0. The van der Waals surface area contributed by atoms with Crippen LogP contribution in [0.3, 0.4) is 0 Å². The van der Waals surface area contributed by atoms with Crippen LogP contribution in [0.5, 0.6) is 0 Å². The number of ether oxygens (including phenoxy) is 1. The zero-order chi connectivity index (χ0) is 12.5. The molecule has 2 nitrogen and oxygen atoms in total. The van der Waals surface area contributed by atoms with Gasteiger partial charge in [0.05, 0.1) is 12.6 Å². The fraction of sp³-hybridized carbons (Fsp3) is 0.571. The van der Waals surface area contributed by atoms with Gasteiger partial charge in [-0.05, 0) is 19.5 Å². The fourth-order valence-electron chi connectivity index (χ4n) is 1.74. The number of nitrogens with one attached hydrogen (secondary N) is 1. The lowest BCUT2D eigenvalue weighted by atomic mass is 10.1. The van der Waals surface area contributed by atoms with E-state index in [0.29, 0.717) is 12.2 Å². The smallest absolute Gasteiger partial charge is 0.128 e. The van der Waals surface area contributed by atoms with Crippen LogP contribution < -0.4 is 5.32 Å². The van der Waals surface area contributed by atoms with Gasteiger partial charge in [-0.3, -0.25) is 0 Å². The van der Waals surface area contributed by atoms with Gasteiger partial charge in [-0.25, -0.2) is 4.39 Å². The molecule has 0 amide bonds. The van der Waals surface area contributed by atoms with E-state index in [1.165, 1.54) is 18.9 Å². The van der Waals surface area contributed by atoms with Crippen LogP contribution in [0.1, 0.15) is 37.8 Å². The largest absolute Gasteiger partial charge is 0.379 e. The molecule has 0 radical (unpaired) electrons. The zero-order valence-electron chi connectivity index (χ0n) is 10.7. The lowest BCUT2D eigenvalue weighted by Crippen LogP contribution is -2.23. The van der Waals surface area contributed by atoms with Crippen LogP contribution in [0.15, 0.2) is 24.3 Å². The lowest BCUT2D eigenvalue weighted by molar-refractivity contribution is 0.109. The molecule has 0 bridgehead atoms. The van der Waals surface area contributed by atoms with Crippen molar-refractivity contribution in [3.63, 3.8) is 0 Å². The molecule has 0 heterocycles. The van der Waals surface area contributed by atoms with Gasteiger partial charge in [0.1, 0.15) is 5.82 Å². The topological polar surface area (TPSA) is 21.3 Å². The van der Waals surface area contributed by atoms with Crippen LogP contribution in [0.2, 0.25) is 0 Å². The van der Waals surface area contributed by atoms with Crippen LogP contribution in [-0.4, -0.2) is 20.3 Å². The normalized spacial score (nSPS) is 12.6. The second kappa shape index (κ2) is 8.20. The average Bonchev–Trinajstić information content (AvgIpc) is 2.35. The minimum absolute atomic E-state index is 0.0715. The van der Waals surface area contributed by atoms with E-state index < -0.39 is 0 Å². The quantitative estimate of drug-likeness (QED) is 0.703. The summed E-state index contributed by atoms with van der Waals surface area (Å²) in [5, 5.41) is 3.09. The third kappa shape index (κ3) is 4.84. The molecule has 0 aliphatic heterocycles. The van der Waals surface area contributed by atoms with Gasteiger partial charge in [-0.1, -0.05) is 38.0 Å². The first kappa shape index (κ1) is 14.1. The van der Waals surface area contributed by atoms with Gasteiger partial charge in [0.2, 0.25) is 0 Å². The van der Waals surface area contributed by atoms with Crippen LogP contribution in [-0.2, 0) is 4.74 Å². The highest BCUT2D eigenvalue weighted by molar-refractivity contribution is 5.21. The predicted molar refractivity (Wildman–Crippen MR) is 68.5 cm³/mol. The molecule has 17 heavy (non-hydrogen) atoms. The Morgan fingerprint density at radius 1 is 1.29 bits per heavy atom. The van der Waals surface area contributed by atoms with E-state index in [9.17, 15) is 4.39 Å². The number of unbranched alkanes of at least 4 members (excludes halogenated alkanes) is 2. The molecule has 96 valence electrons. The number of rotatable bonds is 8. The molecular formula is C14H22FNO. The van der Waals surface area contributed by atoms with Crippen LogP contribution in [0, 0.1) is 5.82 Å². The molecule has 1 unspecified atom stereocenters. The van der Waals surface area contributed by atoms with Crippen molar-refractivity contribution in [1.82, 2.24) is 5.32 Å². The minimum Gasteiger partial charge on any atom is -0.379 e. The van der Waals surface area contributed by atoms with E-state index >= 15 is 0 Å². The number of hydrogen-bond acceptors (Lipinski definition) is 2. The van der Waals surface area contributed by atoms with Gasteiger partial charge >= 0.3 is 0 Å². The number of halogens is 1. The molecule has 1 N–H and O–H groups in total. The second-order valence-corrected chi connectivity index (χ2v) is 4.14. The first-order valence-electron chi connectivity index (χ1n) is 6.29. The SMILES string of the molecule is CCCCCOCC(NC)c1ccccc1F. The summed E-state index contributed by atoms with van der Waals surface area (Å²) in [4.78, 5) is 0. The number of hydrogen-bond donors (Lipinski definition) is 1. The molecular weight excluding hydrogens is 217 g/mol. The van der Waals surface area contributed by atoms with Crippen molar-refractivity contribution >= 4 is 0 Å². The first-order valence-corrected chi connectivity index (χ1v) is 6.29. The molecule has 0 saturated heterocycles. The molecule has 0 saturated carbocycles. The second-order valence-electron chi connectivity index (χ2n) is 4.14. The monoisotopic (exact) mass is 239 g/mol. The van der Waals surface area contributed by atoms with Gasteiger partial charge < -0.3 is 10.1 Å². The van der Waals surface area contributed by atoms with Crippen molar-refractivity contribution in [2.24, 2.45) is 0 Å². The summed E-state index contributed by atoms with van der Waals surface area (Å²) < 4.78 is 19.1. The van der Waals surface area contributed by atoms with E-state index in [0.717, 1.165) is 13.0 Å². The van der Waals surface area contributed by atoms with Gasteiger partial charge in [0.25, 0.3) is 0 Å². The van der Waals surface area contributed by atoms with E-state index in [4.69, 9.17) is 4.74 Å². The van der Waals surface area contributed by atoms with E-state index in [1.54, 1.807) is 12.1 Å². The highest BCUT2D eigenvalue weighted by atomic mass is 19.1. The summed E-state index contributed by atoms with van der Waals surface area (Å²) in [7, 11) is 1.83. The van der Waals surface area contributed by atoms with Crippen LogP contribution in [0.4, 0.5) is 4.39 Å². The Labute approximate surface area is 103 Å². The molecule has 0 aliphatic rings. The van der Waals surface area contributed by atoms with Gasteiger partial charge in [-0.2, -0.15) is 0 Å². The predicted octanol–water partition coefficient (Wildman–Crippen LogP) is 3.29. The van der Waals surface area contributed by atoms with Crippen molar-refractivity contribution in [3.8, 4) is 0 Å². The Bertz CT molecular complexity index is 317.